The zero-order chi connectivity index (χ0) is 37.2. The van der Waals surface area contributed by atoms with Gasteiger partial charge in [-0.2, -0.15) is 0 Å². The lowest BCUT2D eigenvalue weighted by molar-refractivity contribution is -0.156. The summed E-state index contributed by atoms with van der Waals surface area (Å²) in [4.78, 5) is 62.2. The summed E-state index contributed by atoms with van der Waals surface area (Å²) >= 11 is 11.8. The minimum atomic E-state index is -0.932. The number of amides is 2. The summed E-state index contributed by atoms with van der Waals surface area (Å²) < 4.78 is 8.63. The van der Waals surface area contributed by atoms with Gasteiger partial charge in [0.05, 0.1) is 46.6 Å². The van der Waals surface area contributed by atoms with Gasteiger partial charge in [-0.1, -0.05) is 42.8 Å². The number of aliphatic hydroxyl groups excluding tert-OH is 3. The van der Waals surface area contributed by atoms with Crippen LogP contribution in [-0.4, -0.2) is 93.5 Å². The highest BCUT2D eigenvalue weighted by molar-refractivity contribution is 6.31. The highest BCUT2D eigenvalue weighted by Crippen LogP contribution is 2.19. The number of nitrogens with zero attached hydrogens (tertiary/aromatic N) is 2. The van der Waals surface area contributed by atoms with E-state index in [0.717, 1.165) is 32.9 Å². The Bertz CT molecular complexity index is 1780. The van der Waals surface area contributed by atoms with Gasteiger partial charge in [-0.15, -0.1) is 0 Å². The highest BCUT2D eigenvalue weighted by atomic mass is 35.5. The predicted octanol–water partition coefficient (Wildman–Crippen LogP) is 3.10. The molecule has 0 saturated carbocycles. The Morgan fingerprint density at radius 2 is 1.14 bits per heavy atom. The summed E-state index contributed by atoms with van der Waals surface area (Å²) in [7, 11) is 0. The molecule has 0 spiro atoms. The minimum Gasteiger partial charge on any atom is -0.463 e. The molecule has 0 fully saturated rings. The maximum absolute atomic E-state index is 11.9. The molecule has 0 aliphatic rings. The van der Waals surface area contributed by atoms with Gasteiger partial charge < -0.3 is 35.4 Å². The SMILES string of the molecule is C.CC(=O)OC(C)=O.CC(=O)OCC(O)CNC(=O)Cc1ccc2ncc(Cl)cc2c1.O=C(Cc1ccc2ncc(Cl)cc2c1)NCC(O)CO. The topological polar surface area (TPSA) is 214 Å². The Morgan fingerprint density at radius 3 is 1.51 bits per heavy atom. The van der Waals surface area contributed by atoms with Gasteiger partial charge in [-0.05, 0) is 47.5 Å². The van der Waals surface area contributed by atoms with E-state index in [4.69, 9.17) is 33.4 Å². The maximum atomic E-state index is 11.9. The van der Waals surface area contributed by atoms with Crippen LogP contribution in [0.4, 0.5) is 0 Å². The molecule has 0 bridgehead atoms. The van der Waals surface area contributed by atoms with Crippen molar-refractivity contribution in [3.8, 4) is 0 Å². The number of rotatable bonds is 11. The number of carbonyl (C=O) groups excluding carboxylic acids is 5. The summed E-state index contributed by atoms with van der Waals surface area (Å²) in [5.74, 6) is -2.05. The van der Waals surface area contributed by atoms with Crippen LogP contribution in [0.15, 0.2) is 60.9 Å². The van der Waals surface area contributed by atoms with Crippen molar-refractivity contribution in [3.63, 3.8) is 0 Å². The smallest absolute Gasteiger partial charge is 0.310 e. The van der Waals surface area contributed by atoms with E-state index in [1.54, 1.807) is 24.5 Å². The molecule has 16 heteroatoms. The molecule has 2 heterocycles. The van der Waals surface area contributed by atoms with Crippen molar-refractivity contribution in [2.24, 2.45) is 0 Å². The normalized spacial score (nSPS) is 11.3. The van der Waals surface area contributed by atoms with E-state index in [2.05, 4.69) is 30.1 Å². The molecule has 2 amide bonds. The van der Waals surface area contributed by atoms with E-state index in [0.29, 0.717) is 10.0 Å². The molecule has 0 aliphatic heterocycles. The second kappa shape index (κ2) is 22.9. The number of halogens is 2. The summed E-state index contributed by atoms with van der Waals surface area (Å²) in [6.45, 7) is 3.16. The number of esters is 3. The molecule has 276 valence electrons. The molecule has 4 rings (SSSR count). The van der Waals surface area contributed by atoms with Gasteiger partial charge in [0.1, 0.15) is 12.7 Å². The number of hydrogen-bond acceptors (Lipinski definition) is 12. The van der Waals surface area contributed by atoms with Crippen LogP contribution in [0, 0.1) is 0 Å². The average Bonchev–Trinajstić information content (AvgIpc) is 3.04. The lowest BCUT2D eigenvalue weighted by Crippen LogP contribution is -2.35. The monoisotopic (exact) mass is 748 g/mol. The Kier molecular flexibility index (Phi) is 19.9. The number of pyridine rings is 2. The largest absolute Gasteiger partial charge is 0.463 e. The van der Waals surface area contributed by atoms with E-state index in [9.17, 15) is 29.1 Å². The lowest BCUT2D eigenvalue weighted by atomic mass is 10.1. The quantitative estimate of drug-likeness (QED) is 0.111. The van der Waals surface area contributed by atoms with Crippen molar-refractivity contribution in [3.05, 3.63) is 82.1 Å². The van der Waals surface area contributed by atoms with Crippen LogP contribution in [0.25, 0.3) is 21.8 Å². The maximum Gasteiger partial charge on any atom is 0.310 e. The van der Waals surface area contributed by atoms with Crippen molar-refractivity contribution < 1.29 is 48.8 Å². The van der Waals surface area contributed by atoms with Crippen molar-refractivity contribution in [1.29, 1.82) is 0 Å². The van der Waals surface area contributed by atoms with Gasteiger partial charge >= 0.3 is 17.9 Å². The number of carbonyl (C=O) groups is 5. The van der Waals surface area contributed by atoms with Crippen molar-refractivity contribution in [1.82, 2.24) is 20.6 Å². The fraction of sp³-hybridized carbons (Fsp3) is 0.343. The molecule has 2 aromatic heterocycles. The number of aromatic nitrogens is 2. The minimum absolute atomic E-state index is 0. The molecule has 2 atom stereocenters. The molecular weight excluding hydrogens is 707 g/mol. The highest BCUT2D eigenvalue weighted by Gasteiger charge is 2.11. The first-order valence-corrected chi connectivity index (χ1v) is 15.8. The summed E-state index contributed by atoms with van der Waals surface area (Å²) in [6.07, 6.45) is 1.65. The van der Waals surface area contributed by atoms with Crippen LogP contribution < -0.4 is 10.6 Å². The van der Waals surface area contributed by atoms with Gasteiger partial charge in [-0.25, -0.2) is 0 Å². The van der Waals surface area contributed by atoms with Crippen LogP contribution in [0.5, 0.6) is 0 Å². The van der Waals surface area contributed by atoms with E-state index in [1.807, 2.05) is 36.4 Å². The van der Waals surface area contributed by atoms with Crippen LogP contribution in [0.3, 0.4) is 0 Å². The van der Waals surface area contributed by atoms with E-state index >= 15 is 0 Å². The number of aliphatic hydroxyl groups is 3. The predicted molar refractivity (Wildman–Crippen MR) is 192 cm³/mol. The molecule has 0 aliphatic carbocycles. The molecule has 4 aromatic rings. The summed E-state index contributed by atoms with van der Waals surface area (Å²) in [5, 5.41) is 35.3. The second-order valence-corrected chi connectivity index (χ2v) is 11.6. The summed E-state index contributed by atoms with van der Waals surface area (Å²) in [6, 6.07) is 14.6. The molecule has 5 N–H and O–H groups in total. The standard InChI is InChI=1S/C16H17ClN2O4.C14H15ClN2O3.C4H6O3.CH4/c1-10(20)23-9-14(21)8-19-16(22)5-11-2-3-15-12(4-11)6-13(17)7-18-15;15-11-5-10-3-9(1-2-13(10)16-6-11)4-14(20)17-7-12(19)8-18;1-3(5)7-4(2)6;/h2-4,6-7,14,21H,5,8-9H2,1H3,(H,19,22);1-3,5-6,12,18-19H,4,7-8H2,(H,17,20);1-2H3;1H4. The Morgan fingerprint density at radius 1 is 0.706 bits per heavy atom. The van der Waals surface area contributed by atoms with Crippen LogP contribution in [-0.2, 0) is 46.3 Å². The number of benzene rings is 2. The number of hydrogen-bond donors (Lipinski definition) is 5. The van der Waals surface area contributed by atoms with Crippen molar-refractivity contribution in [2.75, 3.05) is 26.3 Å². The summed E-state index contributed by atoms with van der Waals surface area (Å²) in [5.41, 5.74) is 3.26. The van der Waals surface area contributed by atoms with Gasteiger partial charge in [0.25, 0.3) is 0 Å². The first kappa shape index (κ1) is 44.3. The van der Waals surface area contributed by atoms with Crippen LogP contribution in [0.2, 0.25) is 10.0 Å². The second-order valence-electron chi connectivity index (χ2n) is 10.7. The first-order valence-electron chi connectivity index (χ1n) is 15.1. The zero-order valence-electron chi connectivity index (χ0n) is 27.5. The van der Waals surface area contributed by atoms with Crippen LogP contribution in [0.1, 0.15) is 39.3 Å². The van der Waals surface area contributed by atoms with E-state index < -0.39 is 30.1 Å². The molecule has 0 radical (unpaired) electrons. The molecule has 14 nitrogen and oxygen atoms in total. The fourth-order valence-corrected chi connectivity index (χ4v) is 4.36. The molecular formula is C35H42Cl2N4O10. The molecule has 2 unspecified atom stereocenters. The number of fused-ring (bicyclic) bond motifs is 2. The third-order valence-electron chi connectivity index (χ3n) is 6.20. The van der Waals surface area contributed by atoms with Gasteiger partial charge in [0, 0.05) is 57.0 Å². The number of nitrogens with one attached hydrogen (secondary N) is 2. The van der Waals surface area contributed by atoms with E-state index in [-0.39, 0.29) is 58.4 Å². The molecule has 2 aromatic carbocycles. The Labute approximate surface area is 305 Å². The van der Waals surface area contributed by atoms with E-state index in [1.165, 1.54) is 20.8 Å². The Hall–Kier alpha value is -4.73. The van der Waals surface area contributed by atoms with Crippen molar-refractivity contribution >= 4 is 74.7 Å². The fourth-order valence-electron chi connectivity index (χ4n) is 4.03. The zero-order valence-corrected chi connectivity index (χ0v) is 29.0. The molecule has 0 saturated heterocycles. The number of ether oxygens (including phenoxy) is 2. The third kappa shape index (κ3) is 18.2. The average molecular weight is 750 g/mol. The Balaban J connectivity index is 0.000000426. The molecule has 51 heavy (non-hydrogen) atoms. The lowest BCUT2D eigenvalue weighted by Gasteiger charge is -2.11. The van der Waals surface area contributed by atoms with Crippen LogP contribution >= 0.6 is 23.2 Å². The van der Waals surface area contributed by atoms with Crippen molar-refractivity contribution in [2.45, 2.75) is 53.2 Å². The van der Waals surface area contributed by atoms with Gasteiger partial charge in [-0.3, -0.25) is 33.9 Å². The first-order chi connectivity index (χ1) is 23.6. The van der Waals surface area contributed by atoms with Gasteiger partial charge in [0.2, 0.25) is 11.8 Å². The van der Waals surface area contributed by atoms with Gasteiger partial charge in [0.15, 0.2) is 0 Å². The third-order valence-corrected chi connectivity index (χ3v) is 6.61.